The summed E-state index contributed by atoms with van der Waals surface area (Å²) in [5.41, 5.74) is 9.12. The molecule has 0 amide bonds. The molecule has 302 valence electrons. The van der Waals surface area contributed by atoms with Crippen LogP contribution < -0.4 is 0 Å². The second-order valence-electron chi connectivity index (χ2n) is 15.8. The Kier molecular flexibility index (Phi) is 9.01. The molecule has 2 heterocycles. The van der Waals surface area contributed by atoms with Crippen molar-refractivity contribution in [2.24, 2.45) is 0 Å². The van der Waals surface area contributed by atoms with E-state index in [0.717, 1.165) is 71.9 Å². The fourth-order valence-electron chi connectivity index (χ4n) is 9.46. The molecule has 9 aromatic carbocycles. The van der Waals surface area contributed by atoms with Crippen molar-refractivity contribution in [3.63, 3.8) is 0 Å². The molecule has 0 fully saturated rings. The number of alkyl halides is 3. The Morgan fingerprint density at radius 2 is 0.875 bits per heavy atom. The van der Waals surface area contributed by atoms with Crippen LogP contribution >= 0.6 is 0 Å². The van der Waals surface area contributed by atoms with Gasteiger partial charge in [0.25, 0.3) is 0 Å². The molecule has 2 aromatic heterocycles. The van der Waals surface area contributed by atoms with Crippen LogP contribution in [0.15, 0.2) is 200 Å². The lowest BCUT2D eigenvalue weighted by Crippen LogP contribution is -2.09. The van der Waals surface area contributed by atoms with Crippen molar-refractivity contribution in [2.45, 2.75) is 6.18 Å². The monoisotopic (exact) mass is 830 g/mol. The van der Waals surface area contributed by atoms with Crippen LogP contribution in [0.5, 0.6) is 0 Å². The number of halogens is 3. The summed E-state index contributed by atoms with van der Waals surface area (Å²) in [5.74, 6) is 0. The van der Waals surface area contributed by atoms with E-state index in [-0.39, 0.29) is 22.3 Å². The number of hydrogen-bond donors (Lipinski definition) is 0. The maximum atomic E-state index is 15.3. The van der Waals surface area contributed by atoms with Crippen LogP contribution in [0.1, 0.15) is 16.7 Å². The lowest BCUT2D eigenvalue weighted by molar-refractivity contribution is -0.137. The largest absolute Gasteiger partial charge is 0.417 e. The third-order valence-corrected chi connectivity index (χ3v) is 12.2. The van der Waals surface area contributed by atoms with Crippen LogP contribution in [0, 0.1) is 22.7 Å². The minimum Gasteiger partial charge on any atom is -0.309 e. The van der Waals surface area contributed by atoms with E-state index in [1.54, 1.807) is 18.2 Å². The van der Waals surface area contributed by atoms with Crippen molar-refractivity contribution in [2.75, 3.05) is 0 Å². The summed E-state index contributed by atoms with van der Waals surface area (Å²) in [6, 6.07) is 67.9. The summed E-state index contributed by atoms with van der Waals surface area (Å²) in [6.45, 7) is 0. The summed E-state index contributed by atoms with van der Waals surface area (Å²) in [7, 11) is 0. The third kappa shape index (κ3) is 6.14. The predicted molar refractivity (Wildman–Crippen MR) is 251 cm³/mol. The van der Waals surface area contributed by atoms with E-state index in [0.29, 0.717) is 22.5 Å². The smallest absolute Gasteiger partial charge is 0.309 e. The van der Waals surface area contributed by atoms with Crippen LogP contribution in [0.3, 0.4) is 0 Å². The van der Waals surface area contributed by atoms with Crippen molar-refractivity contribution in [1.29, 1.82) is 10.5 Å². The fourth-order valence-corrected chi connectivity index (χ4v) is 9.46. The maximum Gasteiger partial charge on any atom is 0.417 e. The Balaban J connectivity index is 1.28. The van der Waals surface area contributed by atoms with Gasteiger partial charge in [0.2, 0.25) is 0 Å². The lowest BCUT2D eigenvalue weighted by Gasteiger charge is -2.24. The molecule has 11 aromatic rings. The lowest BCUT2D eigenvalue weighted by atomic mass is 9.86. The van der Waals surface area contributed by atoms with Gasteiger partial charge in [-0.25, -0.2) is 0 Å². The Morgan fingerprint density at radius 1 is 0.375 bits per heavy atom. The first kappa shape index (κ1) is 38.3. The molecule has 0 radical (unpaired) electrons. The van der Waals surface area contributed by atoms with E-state index in [9.17, 15) is 10.5 Å². The van der Waals surface area contributed by atoms with Crippen LogP contribution in [0.25, 0.3) is 99.5 Å². The molecule has 0 spiro atoms. The highest BCUT2D eigenvalue weighted by atomic mass is 19.4. The molecule has 0 unspecified atom stereocenters. The van der Waals surface area contributed by atoms with Gasteiger partial charge >= 0.3 is 6.18 Å². The standard InChI is InChI=1S/C57H33F3N4/c58-57(59,60)48-31-36(34-61)25-28-42(48)45-20-12-24-54(64-50-22-10-8-19-44(50)47-33-40(27-30-52(47)64)38-15-5-2-6-16-38)56(45)55-41(35-62)17-11-23-53(55)63-49-21-9-7-18-43(49)46-32-39(26-29-51(46)63)37-13-3-1-4-14-37/h1-33H. The van der Waals surface area contributed by atoms with Crippen molar-refractivity contribution in [3.8, 4) is 68.0 Å². The molecule has 0 saturated heterocycles. The topological polar surface area (TPSA) is 57.4 Å². The van der Waals surface area contributed by atoms with Gasteiger partial charge in [-0.1, -0.05) is 133 Å². The molecule has 0 bridgehead atoms. The van der Waals surface area contributed by atoms with E-state index in [1.165, 1.54) is 12.1 Å². The molecule has 0 N–H and O–H groups in total. The number of para-hydroxylation sites is 2. The molecule has 0 atom stereocenters. The van der Waals surface area contributed by atoms with Crippen LogP contribution in [-0.2, 0) is 6.18 Å². The first-order chi connectivity index (χ1) is 31.3. The number of fused-ring (bicyclic) bond motifs is 6. The van der Waals surface area contributed by atoms with Gasteiger partial charge in [0, 0.05) is 32.7 Å². The number of benzene rings is 9. The van der Waals surface area contributed by atoms with Gasteiger partial charge in [-0.05, 0) is 100 Å². The van der Waals surface area contributed by atoms with Gasteiger partial charge in [0.05, 0.1) is 62.3 Å². The third-order valence-electron chi connectivity index (χ3n) is 12.2. The average Bonchev–Trinajstić information content (AvgIpc) is 3.85. The predicted octanol–water partition coefficient (Wildman–Crippen LogP) is 15.3. The van der Waals surface area contributed by atoms with Crippen LogP contribution in [-0.4, -0.2) is 9.13 Å². The van der Waals surface area contributed by atoms with Gasteiger partial charge in [0.1, 0.15) is 0 Å². The van der Waals surface area contributed by atoms with Crippen molar-refractivity contribution in [1.82, 2.24) is 9.13 Å². The Morgan fingerprint density at radius 3 is 1.41 bits per heavy atom. The van der Waals surface area contributed by atoms with Gasteiger partial charge < -0.3 is 9.13 Å². The van der Waals surface area contributed by atoms with Gasteiger partial charge in [0.15, 0.2) is 0 Å². The summed E-state index contributed by atoms with van der Waals surface area (Å²) < 4.78 is 50.2. The SMILES string of the molecule is N#Cc1ccc(-c2cccc(-n3c4ccccc4c4cc(-c5ccccc5)ccc43)c2-c2c(C#N)cccc2-n2c3ccccc3c3cc(-c4ccccc4)ccc32)c(C(F)(F)F)c1. The van der Waals surface area contributed by atoms with Crippen molar-refractivity contribution >= 4 is 43.6 Å². The molecule has 4 nitrogen and oxygen atoms in total. The summed E-state index contributed by atoms with van der Waals surface area (Å²) in [4.78, 5) is 0. The molecule has 0 aliphatic rings. The van der Waals surface area contributed by atoms with Gasteiger partial charge in [-0.2, -0.15) is 23.7 Å². The zero-order chi connectivity index (χ0) is 43.5. The fraction of sp³-hybridized carbons (Fsp3) is 0.0175. The van der Waals surface area contributed by atoms with E-state index in [2.05, 4.69) is 88.0 Å². The quantitative estimate of drug-likeness (QED) is 0.168. The number of nitriles is 2. The molecular weight excluding hydrogens is 798 g/mol. The number of rotatable bonds is 6. The van der Waals surface area contributed by atoms with Crippen LogP contribution in [0.2, 0.25) is 0 Å². The molecule has 0 aliphatic carbocycles. The molecular formula is C57H33F3N4. The Labute approximate surface area is 366 Å². The first-order valence-electron chi connectivity index (χ1n) is 20.8. The molecule has 64 heavy (non-hydrogen) atoms. The molecule has 0 saturated carbocycles. The summed E-state index contributed by atoms with van der Waals surface area (Å²) in [6.07, 6.45) is -4.81. The van der Waals surface area contributed by atoms with Crippen molar-refractivity contribution < 1.29 is 13.2 Å². The molecule has 7 heteroatoms. The Hall–Kier alpha value is -8.65. The van der Waals surface area contributed by atoms with Gasteiger partial charge in [-0.15, -0.1) is 0 Å². The van der Waals surface area contributed by atoms with E-state index >= 15 is 13.2 Å². The minimum atomic E-state index is -4.81. The summed E-state index contributed by atoms with van der Waals surface area (Å²) >= 11 is 0. The van der Waals surface area contributed by atoms with E-state index < -0.39 is 11.7 Å². The highest BCUT2D eigenvalue weighted by Crippen LogP contribution is 2.49. The first-order valence-corrected chi connectivity index (χ1v) is 20.8. The van der Waals surface area contributed by atoms with E-state index in [4.69, 9.17) is 0 Å². The average molecular weight is 831 g/mol. The number of aromatic nitrogens is 2. The zero-order valence-corrected chi connectivity index (χ0v) is 34.0. The van der Waals surface area contributed by atoms with E-state index in [1.807, 2.05) is 97.1 Å². The normalized spacial score (nSPS) is 11.6. The molecule has 0 aliphatic heterocycles. The highest BCUT2D eigenvalue weighted by Gasteiger charge is 2.36. The zero-order valence-electron chi connectivity index (χ0n) is 34.0. The van der Waals surface area contributed by atoms with Gasteiger partial charge in [-0.3, -0.25) is 0 Å². The highest BCUT2D eigenvalue weighted by molar-refractivity contribution is 6.13. The Bertz CT molecular complexity index is 3730. The minimum absolute atomic E-state index is 0.108. The number of hydrogen-bond acceptors (Lipinski definition) is 2. The van der Waals surface area contributed by atoms with Crippen LogP contribution in [0.4, 0.5) is 13.2 Å². The second kappa shape index (κ2) is 15.1. The van der Waals surface area contributed by atoms with Crippen molar-refractivity contribution in [3.05, 3.63) is 217 Å². The maximum absolute atomic E-state index is 15.3. The number of nitrogens with zero attached hydrogens (tertiary/aromatic N) is 4. The molecule has 11 rings (SSSR count). The second-order valence-corrected chi connectivity index (χ2v) is 15.8. The summed E-state index contributed by atoms with van der Waals surface area (Å²) in [5, 5.41) is 24.8.